The Hall–Kier alpha value is -1.92. The quantitative estimate of drug-likeness (QED) is 0.772. The average molecular weight is 378 g/mol. The summed E-state index contributed by atoms with van der Waals surface area (Å²) < 4.78 is 43.6. The average Bonchev–Trinajstić information content (AvgIpc) is 2.48. The fourth-order valence-electron chi connectivity index (χ4n) is 1.83. The maximum Gasteiger partial charge on any atom is 0.416 e. The zero-order chi connectivity index (χ0) is 17.9. The second-order valence-electron chi connectivity index (χ2n) is 4.90. The molecule has 0 radical (unpaired) electrons. The lowest BCUT2D eigenvalue weighted by atomic mass is 10.2. The Bertz CT molecular complexity index is 750. The van der Waals surface area contributed by atoms with Gasteiger partial charge in [-0.3, -0.25) is 4.79 Å². The molecule has 0 fully saturated rings. The number of halogens is 5. The minimum Gasteiger partial charge on any atom is -0.481 e. The third kappa shape index (κ3) is 4.79. The van der Waals surface area contributed by atoms with Gasteiger partial charge in [0.05, 0.1) is 16.3 Å². The van der Waals surface area contributed by atoms with Crippen molar-refractivity contribution in [3.05, 3.63) is 58.1 Å². The van der Waals surface area contributed by atoms with E-state index < -0.39 is 23.8 Å². The molecule has 0 aromatic heterocycles. The fraction of sp³-hybridized carbons (Fsp3) is 0.188. The molecule has 2 aromatic carbocycles. The number of anilines is 1. The molecule has 0 saturated heterocycles. The molecule has 0 aliphatic carbocycles. The molecule has 0 aliphatic heterocycles. The van der Waals surface area contributed by atoms with Crippen LogP contribution in [0.3, 0.4) is 0 Å². The molecule has 0 bridgehead atoms. The van der Waals surface area contributed by atoms with Crippen LogP contribution in [0.15, 0.2) is 42.5 Å². The van der Waals surface area contributed by atoms with Crippen molar-refractivity contribution in [2.45, 2.75) is 19.2 Å². The molecule has 3 nitrogen and oxygen atoms in total. The van der Waals surface area contributed by atoms with Gasteiger partial charge in [-0.15, -0.1) is 0 Å². The maximum atomic E-state index is 12.7. The Morgan fingerprint density at radius 1 is 1.17 bits per heavy atom. The van der Waals surface area contributed by atoms with Crippen LogP contribution in [0.1, 0.15) is 12.5 Å². The summed E-state index contributed by atoms with van der Waals surface area (Å²) in [5.41, 5.74) is -1.05. The molecule has 24 heavy (non-hydrogen) atoms. The smallest absolute Gasteiger partial charge is 0.416 e. The number of carbonyl (C=O) groups is 1. The minimum absolute atomic E-state index is 0.00805. The van der Waals surface area contributed by atoms with Crippen molar-refractivity contribution in [1.29, 1.82) is 0 Å². The van der Waals surface area contributed by atoms with E-state index in [9.17, 15) is 18.0 Å². The van der Waals surface area contributed by atoms with Gasteiger partial charge >= 0.3 is 6.18 Å². The van der Waals surface area contributed by atoms with Gasteiger partial charge < -0.3 is 10.1 Å². The number of rotatable bonds is 4. The van der Waals surface area contributed by atoms with Crippen LogP contribution in [0, 0.1) is 0 Å². The van der Waals surface area contributed by atoms with E-state index in [2.05, 4.69) is 5.32 Å². The first-order valence-corrected chi connectivity index (χ1v) is 7.52. The van der Waals surface area contributed by atoms with Gasteiger partial charge in [0.15, 0.2) is 6.10 Å². The van der Waals surface area contributed by atoms with Crippen molar-refractivity contribution >= 4 is 34.8 Å². The molecule has 1 atom stereocenters. The molecule has 1 amide bonds. The summed E-state index contributed by atoms with van der Waals surface area (Å²) >= 11 is 11.6. The summed E-state index contributed by atoms with van der Waals surface area (Å²) in [7, 11) is 0. The first-order chi connectivity index (χ1) is 11.2. The molecule has 128 valence electrons. The number of alkyl halides is 3. The summed E-state index contributed by atoms with van der Waals surface area (Å²) in [4.78, 5) is 12.1. The Balaban J connectivity index is 2.11. The predicted octanol–water partition coefficient (Wildman–Crippen LogP) is 5.42. The van der Waals surface area contributed by atoms with E-state index in [0.717, 1.165) is 18.2 Å². The van der Waals surface area contributed by atoms with Crippen LogP contribution < -0.4 is 10.1 Å². The predicted molar refractivity (Wildman–Crippen MR) is 86.6 cm³/mol. The SMILES string of the molecule is C[C@H](Oc1cccc(Cl)c1)C(=O)Nc1cc(C(F)(F)F)ccc1Cl. The number of amides is 1. The van der Waals surface area contributed by atoms with E-state index in [1.54, 1.807) is 18.2 Å². The van der Waals surface area contributed by atoms with Crippen molar-refractivity contribution in [1.82, 2.24) is 0 Å². The number of benzene rings is 2. The molecule has 1 N–H and O–H groups in total. The second kappa shape index (κ2) is 7.32. The Labute approximate surface area is 146 Å². The number of carbonyl (C=O) groups excluding carboxylic acids is 1. The summed E-state index contributed by atoms with van der Waals surface area (Å²) in [5.74, 6) is -0.281. The lowest BCUT2D eigenvalue weighted by Gasteiger charge is -2.16. The zero-order valence-electron chi connectivity index (χ0n) is 12.3. The highest BCUT2D eigenvalue weighted by molar-refractivity contribution is 6.33. The third-order valence-electron chi connectivity index (χ3n) is 3.03. The van der Waals surface area contributed by atoms with Crippen LogP contribution in [0.25, 0.3) is 0 Å². The Morgan fingerprint density at radius 2 is 1.88 bits per heavy atom. The van der Waals surface area contributed by atoms with Crippen molar-refractivity contribution in [3.63, 3.8) is 0 Å². The van der Waals surface area contributed by atoms with Crippen LogP contribution in [0.4, 0.5) is 18.9 Å². The highest BCUT2D eigenvalue weighted by atomic mass is 35.5. The molecule has 0 spiro atoms. The molecular weight excluding hydrogens is 366 g/mol. The number of hydrogen-bond acceptors (Lipinski definition) is 2. The highest BCUT2D eigenvalue weighted by Gasteiger charge is 2.31. The van der Waals surface area contributed by atoms with Crippen LogP contribution >= 0.6 is 23.2 Å². The first kappa shape index (κ1) is 18.4. The molecule has 2 rings (SSSR count). The number of ether oxygens (including phenoxy) is 1. The van der Waals surface area contributed by atoms with Crippen molar-refractivity contribution in [3.8, 4) is 5.75 Å². The molecule has 0 aliphatic rings. The Morgan fingerprint density at radius 3 is 2.50 bits per heavy atom. The van der Waals surface area contributed by atoms with Gasteiger partial charge in [-0.05, 0) is 43.3 Å². The van der Waals surface area contributed by atoms with Crippen LogP contribution in [0.2, 0.25) is 10.0 Å². The van der Waals surface area contributed by atoms with Gasteiger partial charge in [0.2, 0.25) is 0 Å². The van der Waals surface area contributed by atoms with Crippen molar-refractivity contribution < 1.29 is 22.7 Å². The van der Waals surface area contributed by atoms with Crippen LogP contribution in [-0.2, 0) is 11.0 Å². The lowest BCUT2D eigenvalue weighted by molar-refractivity contribution is -0.137. The van der Waals surface area contributed by atoms with E-state index >= 15 is 0 Å². The molecule has 8 heteroatoms. The lowest BCUT2D eigenvalue weighted by Crippen LogP contribution is -2.30. The zero-order valence-corrected chi connectivity index (χ0v) is 13.8. The molecule has 0 unspecified atom stereocenters. The van der Waals surface area contributed by atoms with Crippen LogP contribution in [-0.4, -0.2) is 12.0 Å². The van der Waals surface area contributed by atoms with Gasteiger partial charge in [0.25, 0.3) is 5.91 Å². The molecule has 2 aromatic rings. The minimum atomic E-state index is -4.53. The van der Waals surface area contributed by atoms with Crippen LogP contribution in [0.5, 0.6) is 5.75 Å². The summed E-state index contributed by atoms with van der Waals surface area (Å²) in [6.07, 6.45) is -5.50. The van der Waals surface area contributed by atoms with E-state index in [-0.39, 0.29) is 10.7 Å². The monoisotopic (exact) mass is 377 g/mol. The largest absolute Gasteiger partial charge is 0.481 e. The van der Waals surface area contributed by atoms with E-state index in [4.69, 9.17) is 27.9 Å². The van der Waals surface area contributed by atoms with E-state index in [0.29, 0.717) is 10.8 Å². The third-order valence-corrected chi connectivity index (χ3v) is 3.59. The first-order valence-electron chi connectivity index (χ1n) is 6.76. The summed E-state index contributed by atoms with van der Waals surface area (Å²) in [6.45, 7) is 1.46. The highest BCUT2D eigenvalue weighted by Crippen LogP contribution is 2.33. The van der Waals surface area contributed by atoms with Gasteiger partial charge in [0, 0.05) is 5.02 Å². The van der Waals surface area contributed by atoms with E-state index in [1.807, 2.05) is 0 Å². The topological polar surface area (TPSA) is 38.3 Å². The summed E-state index contributed by atoms with van der Waals surface area (Å²) in [6, 6.07) is 9.09. The normalized spacial score (nSPS) is 12.6. The van der Waals surface area contributed by atoms with Gasteiger partial charge in [0.1, 0.15) is 5.75 Å². The fourth-order valence-corrected chi connectivity index (χ4v) is 2.17. The molecular formula is C16H12Cl2F3NO2. The van der Waals surface area contributed by atoms with Crippen molar-refractivity contribution in [2.24, 2.45) is 0 Å². The van der Waals surface area contributed by atoms with E-state index in [1.165, 1.54) is 13.0 Å². The van der Waals surface area contributed by atoms with Gasteiger partial charge in [-0.2, -0.15) is 13.2 Å². The molecule has 0 heterocycles. The second-order valence-corrected chi connectivity index (χ2v) is 5.74. The number of hydrogen-bond donors (Lipinski definition) is 1. The Kier molecular flexibility index (Phi) is 5.62. The maximum absolute atomic E-state index is 12.7. The van der Waals surface area contributed by atoms with Gasteiger partial charge in [-0.1, -0.05) is 29.3 Å². The van der Waals surface area contributed by atoms with Gasteiger partial charge in [-0.25, -0.2) is 0 Å². The number of nitrogens with one attached hydrogen (secondary N) is 1. The molecule has 0 saturated carbocycles. The van der Waals surface area contributed by atoms with Crippen molar-refractivity contribution in [2.75, 3.05) is 5.32 Å². The standard InChI is InChI=1S/C16H12Cl2F3NO2/c1-9(24-12-4-2-3-11(17)8-12)15(23)22-14-7-10(16(19,20)21)5-6-13(14)18/h2-9H,1H3,(H,22,23)/t9-/m0/s1. The summed E-state index contributed by atoms with van der Waals surface area (Å²) in [5, 5.41) is 2.75.